The molecule has 1 unspecified atom stereocenters. The van der Waals surface area contributed by atoms with Crippen molar-refractivity contribution < 1.29 is 23.9 Å². The first kappa shape index (κ1) is 24.1. The molecule has 2 aromatic rings. The standard InChI is InChI=1S/C22H26FN5O5/c1-26(2)22(33)20(31)24-15-12-27(3)10-11-28-19(15)25-17(18(30)21(28)32)16(29)9-6-13-4-7-14(23)8-5-13/h4-5,7-8,15,30H,6,9-12H2,1-3H3,(H,24,31). The lowest BCUT2D eigenvalue weighted by Gasteiger charge is -2.22. The number of ketones is 1. The van der Waals surface area contributed by atoms with Crippen molar-refractivity contribution in [3.05, 3.63) is 57.5 Å². The van der Waals surface area contributed by atoms with Crippen LogP contribution >= 0.6 is 0 Å². The molecule has 2 amide bonds. The zero-order chi connectivity index (χ0) is 24.3. The predicted molar refractivity (Wildman–Crippen MR) is 116 cm³/mol. The maximum Gasteiger partial charge on any atom is 0.311 e. The fraction of sp³-hybridized carbons (Fsp3) is 0.409. The number of nitrogens with zero attached hydrogens (tertiary/aromatic N) is 4. The number of carbonyl (C=O) groups is 3. The Labute approximate surface area is 189 Å². The molecule has 0 fully saturated rings. The quantitative estimate of drug-likeness (QED) is 0.480. The van der Waals surface area contributed by atoms with Gasteiger partial charge in [-0.05, 0) is 31.2 Å². The number of amides is 2. The summed E-state index contributed by atoms with van der Waals surface area (Å²) in [4.78, 5) is 57.3. The van der Waals surface area contributed by atoms with E-state index in [1.165, 1.54) is 30.8 Å². The van der Waals surface area contributed by atoms with Crippen LogP contribution in [0.4, 0.5) is 4.39 Å². The molecule has 176 valence electrons. The van der Waals surface area contributed by atoms with Crippen LogP contribution in [0.5, 0.6) is 5.75 Å². The Hall–Kier alpha value is -3.60. The molecule has 1 aliphatic heterocycles. The SMILES string of the molecule is CN1CCn2c(nc(C(=O)CCc3ccc(F)cc3)c(O)c2=O)C(NC(=O)C(=O)N(C)C)C1. The number of nitrogens with one attached hydrogen (secondary N) is 1. The van der Waals surface area contributed by atoms with Crippen molar-refractivity contribution in [1.82, 2.24) is 24.7 Å². The molecular formula is C22H26FN5O5. The molecule has 1 aliphatic rings. The van der Waals surface area contributed by atoms with Gasteiger partial charge >= 0.3 is 11.8 Å². The van der Waals surface area contributed by atoms with Gasteiger partial charge in [-0.1, -0.05) is 12.1 Å². The summed E-state index contributed by atoms with van der Waals surface area (Å²) < 4.78 is 14.3. The molecule has 33 heavy (non-hydrogen) atoms. The highest BCUT2D eigenvalue weighted by Crippen LogP contribution is 2.20. The first-order chi connectivity index (χ1) is 15.6. The van der Waals surface area contributed by atoms with Gasteiger partial charge in [-0.15, -0.1) is 0 Å². The summed E-state index contributed by atoms with van der Waals surface area (Å²) >= 11 is 0. The number of halogens is 1. The van der Waals surface area contributed by atoms with Gasteiger partial charge in [0, 0.05) is 40.2 Å². The summed E-state index contributed by atoms with van der Waals surface area (Å²) in [5, 5.41) is 13.0. The van der Waals surface area contributed by atoms with E-state index in [-0.39, 0.29) is 31.8 Å². The van der Waals surface area contributed by atoms with Gasteiger partial charge in [0.25, 0.3) is 5.56 Å². The molecule has 0 aliphatic carbocycles. The molecule has 0 spiro atoms. The molecule has 1 aromatic heterocycles. The first-order valence-electron chi connectivity index (χ1n) is 10.4. The van der Waals surface area contributed by atoms with Crippen LogP contribution < -0.4 is 10.9 Å². The largest absolute Gasteiger partial charge is 0.501 e. The van der Waals surface area contributed by atoms with E-state index in [4.69, 9.17) is 0 Å². The lowest BCUT2D eigenvalue weighted by atomic mass is 10.1. The first-order valence-corrected chi connectivity index (χ1v) is 10.4. The van der Waals surface area contributed by atoms with Crippen molar-refractivity contribution in [2.24, 2.45) is 0 Å². The Kier molecular flexibility index (Phi) is 7.22. The Morgan fingerprint density at radius 3 is 2.52 bits per heavy atom. The Balaban J connectivity index is 1.92. The topological polar surface area (TPSA) is 125 Å². The molecule has 0 saturated heterocycles. The molecule has 0 bridgehead atoms. The van der Waals surface area contributed by atoms with E-state index in [9.17, 15) is 28.7 Å². The molecule has 2 heterocycles. The molecule has 0 saturated carbocycles. The van der Waals surface area contributed by atoms with Gasteiger partial charge in [0.2, 0.25) is 5.75 Å². The number of aromatic hydroxyl groups is 1. The Bertz CT molecular complexity index is 1130. The highest BCUT2D eigenvalue weighted by Gasteiger charge is 2.31. The van der Waals surface area contributed by atoms with E-state index < -0.39 is 46.5 Å². The predicted octanol–water partition coefficient (Wildman–Crippen LogP) is 0.0944. The van der Waals surface area contributed by atoms with Gasteiger partial charge in [0.1, 0.15) is 17.7 Å². The van der Waals surface area contributed by atoms with Crippen molar-refractivity contribution in [1.29, 1.82) is 0 Å². The molecule has 0 radical (unpaired) electrons. The minimum absolute atomic E-state index is 0.0644. The lowest BCUT2D eigenvalue weighted by molar-refractivity contribution is -0.144. The second-order valence-corrected chi connectivity index (χ2v) is 8.16. The summed E-state index contributed by atoms with van der Waals surface area (Å²) in [6.45, 7) is 0.857. The Morgan fingerprint density at radius 1 is 1.21 bits per heavy atom. The van der Waals surface area contributed by atoms with Crippen LogP contribution in [0.15, 0.2) is 29.1 Å². The number of aromatic nitrogens is 2. The van der Waals surface area contributed by atoms with Crippen LogP contribution in [-0.4, -0.2) is 76.3 Å². The smallest absolute Gasteiger partial charge is 0.311 e. The third-order valence-corrected chi connectivity index (χ3v) is 5.41. The van der Waals surface area contributed by atoms with Crippen LogP contribution in [0.25, 0.3) is 0 Å². The third-order valence-electron chi connectivity index (χ3n) is 5.41. The van der Waals surface area contributed by atoms with E-state index in [1.807, 2.05) is 4.90 Å². The number of aryl methyl sites for hydroxylation is 1. The van der Waals surface area contributed by atoms with Gasteiger partial charge in [-0.25, -0.2) is 9.37 Å². The van der Waals surface area contributed by atoms with Gasteiger partial charge in [0.05, 0.1) is 0 Å². The fourth-order valence-electron chi connectivity index (χ4n) is 3.55. The zero-order valence-electron chi connectivity index (χ0n) is 18.7. The van der Waals surface area contributed by atoms with E-state index >= 15 is 0 Å². The number of carbonyl (C=O) groups excluding carboxylic acids is 3. The lowest BCUT2D eigenvalue weighted by Crippen LogP contribution is -2.44. The highest BCUT2D eigenvalue weighted by atomic mass is 19.1. The number of rotatable bonds is 5. The maximum absolute atomic E-state index is 13.1. The van der Waals surface area contributed by atoms with Crippen LogP contribution in [0.3, 0.4) is 0 Å². The van der Waals surface area contributed by atoms with E-state index in [2.05, 4.69) is 10.3 Å². The number of likely N-dealkylation sites (N-methyl/N-ethyl adjacent to an activating group) is 2. The summed E-state index contributed by atoms with van der Waals surface area (Å²) in [6.07, 6.45) is 0.198. The minimum atomic E-state index is -0.877. The number of Topliss-reactive ketones (excluding diaryl/α,β-unsaturated/α-hetero) is 1. The minimum Gasteiger partial charge on any atom is -0.501 e. The number of benzene rings is 1. The van der Waals surface area contributed by atoms with Crippen molar-refractivity contribution in [3.63, 3.8) is 0 Å². The maximum atomic E-state index is 13.1. The monoisotopic (exact) mass is 459 g/mol. The number of hydrogen-bond donors (Lipinski definition) is 2. The van der Waals surface area contributed by atoms with Gasteiger partial charge in [-0.3, -0.25) is 23.7 Å². The van der Waals surface area contributed by atoms with Crippen molar-refractivity contribution in [3.8, 4) is 5.75 Å². The molecule has 11 heteroatoms. The summed E-state index contributed by atoms with van der Waals surface area (Å²) in [5.74, 6) is -3.28. The normalized spacial score (nSPS) is 15.9. The molecular weight excluding hydrogens is 433 g/mol. The average Bonchev–Trinajstić information content (AvgIpc) is 2.93. The van der Waals surface area contributed by atoms with Crippen molar-refractivity contribution in [2.75, 3.05) is 34.2 Å². The number of fused-ring (bicyclic) bond motifs is 1. The van der Waals surface area contributed by atoms with E-state index in [0.717, 1.165) is 4.90 Å². The molecule has 1 atom stereocenters. The average molecular weight is 459 g/mol. The van der Waals surface area contributed by atoms with Gasteiger partial charge < -0.3 is 20.2 Å². The van der Waals surface area contributed by atoms with E-state index in [0.29, 0.717) is 12.1 Å². The highest BCUT2D eigenvalue weighted by molar-refractivity contribution is 6.34. The summed E-state index contributed by atoms with van der Waals surface area (Å²) in [5.41, 5.74) is -0.473. The second kappa shape index (κ2) is 9.90. The molecule has 3 rings (SSSR count). The fourth-order valence-corrected chi connectivity index (χ4v) is 3.55. The van der Waals surface area contributed by atoms with Gasteiger partial charge in [0.15, 0.2) is 11.5 Å². The van der Waals surface area contributed by atoms with E-state index in [1.54, 1.807) is 19.2 Å². The molecule has 2 N–H and O–H groups in total. The molecule has 10 nitrogen and oxygen atoms in total. The Morgan fingerprint density at radius 2 is 1.88 bits per heavy atom. The third kappa shape index (κ3) is 5.43. The number of hydrogen-bond acceptors (Lipinski definition) is 7. The summed E-state index contributed by atoms with van der Waals surface area (Å²) in [7, 11) is 4.65. The van der Waals surface area contributed by atoms with Crippen LogP contribution in [0.2, 0.25) is 0 Å². The van der Waals surface area contributed by atoms with Crippen molar-refractivity contribution >= 4 is 17.6 Å². The van der Waals surface area contributed by atoms with Crippen molar-refractivity contribution in [2.45, 2.75) is 25.4 Å². The second-order valence-electron chi connectivity index (χ2n) is 8.16. The van der Waals surface area contributed by atoms with Crippen LogP contribution in [0.1, 0.15) is 34.3 Å². The van der Waals surface area contributed by atoms with Crippen LogP contribution in [0, 0.1) is 5.82 Å². The molecule has 1 aromatic carbocycles. The zero-order valence-corrected chi connectivity index (χ0v) is 18.7. The van der Waals surface area contributed by atoms with Gasteiger partial charge in [-0.2, -0.15) is 0 Å². The van der Waals surface area contributed by atoms with Crippen LogP contribution in [-0.2, 0) is 22.6 Å². The summed E-state index contributed by atoms with van der Waals surface area (Å²) in [6, 6.07) is 4.80.